The van der Waals surface area contributed by atoms with Gasteiger partial charge in [0.2, 0.25) is 0 Å². The average molecular weight is 287 g/mol. The molecular weight excluding hydrogens is 270 g/mol. The molecular formula is C16H17NO4. The number of rotatable bonds is 3. The molecule has 1 saturated heterocycles. The largest absolute Gasteiger partial charge is 0.486 e. The number of ether oxygens (including phenoxy) is 3. The van der Waals surface area contributed by atoms with Crippen molar-refractivity contribution in [3.05, 3.63) is 23.8 Å². The maximum Gasteiger partial charge on any atom is 0.161 e. The number of ketones is 1. The topological polar surface area (TPSA) is 68.6 Å². The zero-order valence-electron chi connectivity index (χ0n) is 11.9. The molecule has 0 spiro atoms. The third kappa shape index (κ3) is 2.59. The molecule has 0 radical (unpaired) electrons. The first-order valence-electron chi connectivity index (χ1n) is 7.15. The zero-order chi connectivity index (χ0) is 14.8. The molecule has 0 bridgehead atoms. The maximum atomic E-state index is 12.6. The van der Waals surface area contributed by atoms with Gasteiger partial charge in [0.25, 0.3) is 0 Å². The normalized spacial score (nSPS) is 25.1. The Kier molecular flexibility index (Phi) is 3.80. The summed E-state index contributed by atoms with van der Waals surface area (Å²) in [4.78, 5) is 12.6. The molecule has 3 rings (SSSR count). The molecule has 1 fully saturated rings. The molecule has 5 nitrogen and oxygen atoms in total. The Balaban J connectivity index is 1.86. The molecule has 21 heavy (non-hydrogen) atoms. The van der Waals surface area contributed by atoms with Crippen molar-refractivity contribution < 1.29 is 19.0 Å². The van der Waals surface area contributed by atoms with Crippen molar-refractivity contribution in [3.8, 4) is 17.6 Å². The fraction of sp³-hybridized carbons (Fsp3) is 0.500. The van der Waals surface area contributed by atoms with Gasteiger partial charge in [-0.05, 0) is 31.0 Å². The lowest BCUT2D eigenvalue weighted by Crippen LogP contribution is -2.26. The minimum atomic E-state index is -0.782. The van der Waals surface area contributed by atoms with Crippen LogP contribution in [0, 0.1) is 17.2 Å². The van der Waals surface area contributed by atoms with E-state index in [1.807, 2.05) is 6.92 Å². The lowest BCUT2D eigenvalue weighted by atomic mass is 9.85. The van der Waals surface area contributed by atoms with E-state index in [0.29, 0.717) is 43.3 Å². The van der Waals surface area contributed by atoms with Crippen molar-refractivity contribution in [1.82, 2.24) is 0 Å². The zero-order valence-corrected chi connectivity index (χ0v) is 11.9. The Morgan fingerprint density at radius 3 is 2.71 bits per heavy atom. The Morgan fingerprint density at radius 2 is 2.05 bits per heavy atom. The van der Waals surface area contributed by atoms with E-state index in [9.17, 15) is 10.1 Å². The van der Waals surface area contributed by atoms with Gasteiger partial charge in [-0.15, -0.1) is 0 Å². The quantitative estimate of drug-likeness (QED) is 0.851. The fourth-order valence-electron chi connectivity index (χ4n) is 2.86. The van der Waals surface area contributed by atoms with Crippen LogP contribution < -0.4 is 9.47 Å². The van der Waals surface area contributed by atoms with Crippen molar-refractivity contribution >= 4 is 5.78 Å². The average Bonchev–Trinajstić information content (AvgIpc) is 2.94. The minimum absolute atomic E-state index is 0.0702. The molecule has 0 N–H and O–H groups in total. The Bertz CT molecular complexity index is 592. The summed E-state index contributed by atoms with van der Waals surface area (Å²) in [5.74, 6) is 0.200. The number of nitriles is 1. The third-order valence-electron chi connectivity index (χ3n) is 4.05. The van der Waals surface area contributed by atoms with Crippen LogP contribution in [-0.4, -0.2) is 31.7 Å². The highest BCUT2D eigenvalue weighted by atomic mass is 16.6. The highest BCUT2D eigenvalue weighted by molar-refractivity contribution is 5.91. The molecule has 5 heteroatoms. The van der Waals surface area contributed by atoms with E-state index in [-0.39, 0.29) is 17.8 Å². The first-order valence-corrected chi connectivity index (χ1v) is 7.15. The van der Waals surface area contributed by atoms with Gasteiger partial charge in [0, 0.05) is 12.5 Å². The molecule has 0 amide bonds. The van der Waals surface area contributed by atoms with Gasteiger partial charge in [-0.3, -0.25) is 4.79 Å². The van der Waals surface area contributed by atoms with Gasteiger partial charge in [-0.25, -0.2) is 0 Å². The van der Waals surface area contributed by atoms with Crippen molar-refractivity contribution in [2.24, 2.45) is 5.92 Å². The molecule has 110 valence electrons. The first kappa shape index (κ1) is 13.9. The summed E-state index contributed by atoms with van der Waals surface area (Å²) in [6.07, 6.45) is 0.563. The number of fused-ring (bicyclic) bond motifs is 1. The number of hydrogen-bond donors (Lipinski definition) is 0. The van der Waals surface area contributed by atoms with Crippen molar-refractivity contribution in [1.29, 1.82) is 5.26 Å². The summed E-state index contributed by atoms with van der Waals surface area (Å²) in [6.45, 7) is 3.46. The van der Waals surface area contributed by atoms with Gasteiger partial charge in [0.15, 0.2) is 17.3 Å². The summed E-state index contributed by atoms with van der Waals surface area (Å²) in [5, 5.41) is 9.42. The highest BCUT2D eigenvalue weighted by Crippen LogP contribution is 2.35. The van der Waals surface area contributed by atoms with Crippen molar-refractivity contribution in [2.45, 2.75) is 25.4 Å². The number of benzene rings is 1. The SMILES string of the molecule is CC1OCCC1C(=O)C(C#N)c1ccc2c(c1)OCCO2. The number of nitrogens with zero attached hydrogens (tertiary/aromatic N) is 1. The predicted octanol–water partition coefficient (Wildman–Crippen LogP) is 2.06. The summed E-state index contributed by atoms with van der Waals surface area (Å²) in [7, 11) is 0. The van der Waals surface area contributed by atoms with Gasteiger partial charge in [-0.2, -0.15) is 5.26 Å². The molecule has 0 aromatic heterocycles. The van der Waals surface area contributed by atoms with Crippen molar-refractivity contribution in [2.75, 3.05) is 19.8 Å². The lowest BCUT2D eigenvalue weighted by molar-refractivity contribution is -0.124. The maximum absolute atomic E-state index is 12.6. The molecule has 3 unspecified atom stereocenters. The second-order valence-electron chi connectivity index (χ2n) is 5.34. The van der Waals surface area contributed by atoms with E-state index in [1.165, 1.54) is 0 Å². The van der Waals surface area contributed by atoms with Gasteiger partial charge in [0.1, 0.15) is 19.1 Å². The molecule has 1 aromatic rings. The molecule has 2 aliphatic heterocycles. The van der Waals surface area contributed by atoms with Crippen molar-refractivity contribution in [3.63, 3.8) is 0 Å². The summed E-state index contributed by atoms with van der Waals surface area (Å²) in [5.41, 5.74) is 0.658. The summed E-state index contributed by atoms with van der Waals surface area (Å²) in [6, 6.07) is 7.38. The number of carbonyl (C=O) groups excluding carboxylic acids is 1. The smallest absolute Gasteiger partial charge is 0.161 e. The standard InChI is InChI=1S/C16H17NO4/c1-10-12(4-5-19-10)16(18)13(9-17)11-2-3-14-15(8-11)21-7-6-20-14/h2-3,8,10,12-13H,4-7H2,1H3. The Labute approximate surface area is 123 Å². The molecule has 2 aliphatic rings. The van der Waals surface area contributed by atoms with Crippen LogP contribution in [0.5, 0.6) is 11.5 Å². The van der Waals surface area contributed by atoms with Crippen LogP contribution in [0.15, 0.2) is 18.2 Å². The van der Waals surface area contributed by atoms with Crippen LogP contribution in [0.4, 0.5) is 0 Å². The van der Waals surface area contributed by atoms with Crippen LogP contribution in [-0.2, 0) is 9.53 Å². The van der Waals surface area contributed by atoms with Gasteiger partial charge >= 0.3 is 0 Å². The van der Waals surface area contributed by atoms with Crippen LogP contribution in [0.3, 0.4) is 0 Å². The van der Waals surface area contributed by atoms with E-state index in [0.717, 1.165) is 0 Å². The Morgan fingerprint density at radius 1 is 1.29 bits per heavy atom. The molecule has 0 saturated carbocycles. The molecule has 1 aromatic carbocycles. The second-order valence-corrected chi connectivity index (χ2v) is 5.34. The van der Waals surface area contributed by atoms with Gasteiger partial charge in [0.05, 0.1) is 12.2 Å². The summed E-state index contributed by atoms with van der Waals surface area (Å²) < 4.78 is 16.4. The van der Waals surface area contributed by atoms with Gasteiger partial charge < -0.3 is 14.2 Å². The number of hydrogen-bond acceptors (Lipinski definition) is 5. The summed E-state index contributed by atoms with van der Waals surface area (Å²) >= 11 is 0. The van der Waals surface area contributed by atoms with Gasteiger partial charge in [-0.1, -0.05) is 6.07 Å². The minimum Gasteiger partial charge on any atom is -0.486 e. The first-order chi connectivity index (χ1) is 10.2. The van der Waals surface area contributed by atoms with E-state index in [4.69, 9.17) is 14.2 Å². The Hall–Kier alpha value is -2.06. The van der Waals surface area contributed by atoms with E-state index in [2.05, 4.69) is 6.07 Å². The van der Waals surface area contributed by atoms with E-state index in [1.54, 1.807) is 18.2 Å². The molecule has 3 atom stereocenters. The number of Topliss-reactive ketones (excluding diaryl/α,β-unsaturated/α-hetero) is 1. The lowest BCUT2D eigenvalue weighted by Gasteiger charge is -2.21. The van der Waals surface area contributed by atoms with Crippen LogP contribution in [0.25, 0.3) is 0 Å². The third-order valence-corrected chi connectivity index (χ3v) is 4.05. The van der Waals surface area contributed by atoms with Crippen LogP contribution in [0.1, 0.15) is 24.8 Å². The second kappa shape index (κ2) is 5.74. The highest BCUT2D eigenvalue weighted by Gasteiger charge is 2.36. The monoisotopic (exact) mass is 287 g/mol. The number of carbonyl (C=O) groups is 1. The molecule has 0 aliphatic carbocycles. The van der Waals surface area contributed by atoms with E-state index >= 15 is 0 Å². The van der Waals surface area contributed by atoms with E-state index < -0.39 is 5.92 Å². The molecule has 2 heterocycles. The van der Waals surface area contributed by atoms with Crippen LogP contribution >= 0.6 is 0 Å². The van der Waals surface area contributed by atoms with Crippen LogP contribution in [0.2, 0.25) is 0 Å². The fourth-order valence-corrected chi connectivity index (χ4v) is 2.86. The predicted molar refractivity (Wildman–Crippen MR) is 74.3 cm³/mol.